The Balaban J connectivity index is 1.64. The van der Waals surface area contributed by atoms with Crippen molar-refractivity contribution < 1.29 is 9.13 Å². The third-order valence-electron chi connectivity index (χ3n) is 5.18. The van der Waals surface area contributed by atoms with Crippen LogP contribution >= 0.6 is 15.9 Å². The minimum atomic E-state index is -0.0904. The minimum Gasteiger partial charge on any atom is -0.372 e. The Morgan fingerprint density at radius 3 is 2.67 bits per heavy atom. The first-order valence-electron chi connectivity index (χ1n) is 8.21. The summed E-state index contributed by atoms with van der Waals surface area (Å²) in [7, 11) is 0. The highest BCUT2D eigenvalue weighted by Crippen LogP contribution is 2.44. The maximum absolute atomic E-state index is 14.0. The summed E-state index contributed by atoms with van der Waals surface area (Å²) in [5.41, 5.74) is 0.984. The second-order valence-electron chi connectivity index (χ2n) is 6.63. The first-order chi connectivity index (χ1) is 10.2. The molecule has 1 aromatic carbocycles. The van der Waals surface area contributed by atoms with Crippen molar-refractivity contribution >= 4 is 15.9 Å². The van der Waals surface area contributed by atoms with Crippen molar-refractivity contribution in [1.29, 1.82) is 0 Å². The van der Waals surface area contributed by atoms with Gasteiger partial charge in [0.15, 0.2) is 0 Å². The maximum atomic E-state index is 14.0. The van der Waals surface area contributed by atoms with E-state index >= 15 is 0 Å². The maximum Gasteiger partial charge on any atom is 0.126 e. The molecule has 0 N–H and O–H groups in total. The molecule has 1 nitrogen and oxygen atoms in total. The van der Waals surface area contributed by atoms with E-state index in [-0.39, 0.29) is 17.3 Å². The van der Waals surface area contributed by atoms with Gasteiger partial charge in [0.2, 0.25) is 0 Å². The van der Waals surface area contributed by atoms with Crippen LogP contribution in [0, 0.1) is 5.82 Å². The van der Waals surface area contributed by atoms with Gasteiger partial charge in [-0.15, -0.1) is 0 Å². The third-order valence-corrected chi connectivity index (χ3v) is 5.96. The van der Waals surface area contributed by atoms with Crippen molar-refractivity contribution in [2.45, 2.75) is 69.0 Å². The Kier molecular flexibility index (Phi) is 5.00. The molecule has 2 fully saturated rings. The Morgan fingerprint density at radius 1 is 1.19 bits per heavy atom. The predicted octanol–water partition coefficient (Wildman–Crippen LogP) is 5.58. The molecule has 3 rings (SSSR count). The largest absolute Gasteiger partial charge is 0.372 e. The molecular formula is C18H24BrFO. The van der Waals surface area contributed by atoms with Crippen LogP contribution in [0.15, 0.2) is 24.3 Å². The van der Waals surface area contributed by atoms with Gasteiger partial charge < -0.3 is 4.74 Å². The molecule has 1 saturated carbocycles. The fourth-order valence-corrected chi connectivity index (χ4v) is 4.64. The van der Waals surface area contributed by atoms with Crippen LogP contribution in [0.2, 0.25) is 0 Å². The van der Waals surface area contributed by atoms with Gasteiger partial charge in [0.05, 0.1) is 11.7 Å². The molecule has 2 atom stereocenters. The topological polar surface area (TPSA) is 9.23 Å². The second kappa shape index (κ2) is 6.78. The van der Waals surface area contributed by atoms with Crippen LogP contribution in [0.4, 0.5) is 4.39 Å². The van der Waals surface area contributed by atoms with Crippen molar-refractivity contribution in [2.24, 2.45) is 0 Å². The van der Waals surface area contributed by atoms with Crippen LogP contribution in [0.5, 0.6) is 0 Å². The van der Waals surface area contributed by atoms with Crippen LogP contribution < -0.4 is 0 Å². The summed E-state index contributed by atoms with van der Waals surface area (Å²) in [5.74, 6) is 0.113. The van der Waals surface area contributed by atoms with Gasteiger partial charge in [-0.25, -0.2) is 4.39 Å². The van der Waals surface area contributed by atoms with Crippen molar-refractivity contribution in [1.82, 2.24) is 0 Å². The molecule has 116 valence electrons. The minimum absolute atomic E-state index is 0.0904. The third kappa shape index (κ3) is 3.50. The molecule has 1 spiro atoms. The van der Waals surface area contributed by atoms with Gasteiger partial charge in [0.25, 0.3) is 0 Å². The summed E-state index contributed by atoms with van der Waals surface area (Å²) in [6, 6.07) is 7.15. The highest BCUT2D eigenvalue weighted by Gasteiger charge is 2.41. The molecule has 1 saturated heterocycles. The molecule has 1 aliphatic heterocycles. The van der Waals surface area contributed by atoms with Crippen molar-refractivity contribution in [3.8, 4) is 0 Å². The average molecular weight is 355 g/mol. The van der Waals surface area contributed by atoms with E-state index < -0.39 is 0 Å². The van der Waals surface area contributed by atoms with Crippen LogP contribution in [0.25, 0.3) is 0 Å². The van der Waals surface area contributed by atoms with Crippen LogP contribution in [-0.2, 0) is 4.74 Å². The number of hydrogen-bond acceptors (Lipinski definition) is 1. The average Bonchev–Trinajstić information content (AvgIpc) is 2.89. The van der Waals surface area contributed by atoms with Gasteiger partial charge in [-0.1, -0.05) is 53.4 Å². The second-order valence-corrected chi connectivity index (χ2v) is 7.28. The number of rotatable bonds is 4. The van der Waals surface area contributed by atoms with Crippen LogP contribution in [-0.4, -0.2) is 17.0 Å². The van der Waals surface area contributed by atoms with E-state index in [0.29, 0.717) is 6.10 Å². The van der Waals surface area contributed by atoms with E-state index in [1.54, 1.807) is 12.1 Å². The zero-order valence-corrected chi connectivity index (χ0v) is 14.1. The highest BCUT2D eigenvalue weighted by molar-refractivity contribution is 9.09. The molecule has 0 aromatic heterocycles. The van der Waals surface area contributed by atoms with Crippen LogP contribution in [0.1, 0.15) is 62.8 Å². The molecule has 0 radical (unpaired) electrons. The van der Waals surface area contributed by atoms with Gasteiger partial charge >= 0.3 is 0 Å². The van der Waals surface area contributed by atoms with Gasteiger partial charge in [-0.05, 0) is 49.7 Å². The Labute approximate surface area is 135 Å². The lowest BCUT2D eigenvalue weighted by Gasteiger charge is -2.33. The van der Waals surface area contributed by atoms with Crippen molar-refractivity contribution in [3.63, 3.8) is 0 Å². The van der Waals surface area contributed by atoms with E-state index in [1.807, 2.05) is 12.1 Å². The number of hydrogen-bond donors (Lipinski definition) is 0. The first-order valence-corrected chi connectivity index (χ1v) is 9.33. The zero-order chi connectivity index (χ0) is 14.7. The summed E-state index contributed by atoms with van der Waals surface area (Å²) in [6.45, 7) is 0. The monoisotopic (exact) mass is 354 g/mol. The molecule has 1 aliphatic carbocycles. The van der Waals surface area contributed by atoms with E-state index in [2.05, 4.69) is 15.9 Å². The Hall–Kier alpha value is -0.410. The number of ether oxygens (including phenoxy) is 1. The van der Waals surface area contributed by atoms with Gasteiger partial charge in [-0.2, -0.15) is 0 Å². The summed E-state index contributed by atoms with van der Waals surface area (Å²) < 4.78 is 20.4. The Morgan fingerprint density at radius 2 is 1.95 bits per heavy atom. The van der Waals surface area contributed by atoms with E-state index in [0.717, 1.165) is 23.7 Å². The van der Waals surface area contributed by atoms with Gasteiger partial charge in [-0.3, -0.25) is 0 Å². The van der Waals surface area contributed by atoms with E-state index in [9.17, 15) is 4.39 Å². The smallest absolute Gasteiger partial charge is 0.126 e. The standard InChI is InChI=1S/C18H24BrFO/c19-13-14(16-6-2-3-7-17(16)20)12-15-8-11-18(21-15)9-4-1-5-10-18/h2-3,6-7,14-15H,1,4-5,8-13H2. The summed E-state index contributed by atoms with van der Waals surface area (Å²) in [5, 5.41) is 0.792. The van der Waals surface area contributed by atoms with Gasteiger partial charge in [0, 0.05) is 5.33 Å². The molecule has 21 heavy (non-hydrogen) atoms. The molecule has 0 amide bonds. The van der Waals surface area contributed by atoms with Gasteiger partial charge in [0.1, 0.15) is 5.82 Å². The summed E-state index contributed by atoms with van der Waals surface area (Å²) in [6.07, 6.45) is 9.98. The number of halogens is 2. The van der Waals surface area contributed by atoms with E-state index in [4.69, 9.17) is 4.74 Å². The highest BCUT2D eigenvalue weighted by atomic mass is 79.9. The number of benzene rings is 1. The number of alkyl halides is 1. The van der Waals surface area contributed by atoms with Crippen molar-refractivity contribution in [2.75, 3.05) is 5.33 Å². The van der Waals surface area contributed by atoms with E-state index in [1.165, 1.54) is 38.5 Å². The van der Waals surface area contributed by atoms with Crippen LogP contribution in [0.3, 0.4) is 0 Å². The molecule has 1 aromatic rings. The molecule has 1 heterocycles. The quantitative estimate of drug-likeness (QED) is 0.641. The molecular weight excluding hydrogens is 331 g/mol. The predicted molar refractivity (Wildman–Crippen MR) is 87.5 cm³/mol. The fraction of sp³-hybridized carbons (Fsp3) is 0.667. The molecule has 0 bridgehead atoms. The first kappa shape index (κ1) is 15.5. The lowest BCUT2D eigenvalue weighted by atomic mass is 9.83. The zero-order valence-electron chi connectivity index (χ0n) is 12.5. The molecule has 2 unspecified atom stereocenters. The fourth-order valence-electron chi connectivity index (χ4n) is 4.02. The molecule has 3 heteroatoms. The Bertz CT molecular complexity index is 470. The normalized spacial score (nSPS) is 26.1. The summed E-state index contributed by atoms with van der Waals surface area (Å²) in [4.78, 5) is 0. The lowest BCUT2D eigenvalue weighted by molar-refractivity contribution is -0.0668. The van der Waals surface area contributed by atoms with Crippen molar-refractivity contribution in [3.05, 3.63) is 35.6 Å². The lowest BCUT2D eigenvalue weighted by Crippen LogP contribution is -2.32. The summed E-state index contributed by atoms with van der Waals surface area (Å²) >= 11 is 3.56. The molecule has 2 aliphatic rings. The SMILES string of the molecule is Fc1ccccc1C(CBr)CC1CCC2(CCCCC2)O1.